The van der Waals surface area contributed by atoms with Crippen LogP contribution < -0.4 is 10.9 Å². The predicted octanol–water partition coefficient (Wildman–Crippen LogP) is 4.00. The molecule has 2 fully saturated rings. The molecule has 168 valence electrons. The molecule has 31 heavy (non-hydrogen) atoms. The van der Waals surface area contributed by atoms with Crippen molar-refractivity contribution in [1.82, 2.24) is 14.9 Å². The van der Waals surface area contributed by atoms with Gasteiger partial charge in [0, 0.05) is 12.6 Å². The van der Waals surface area contributed by atoms with Crippen molar-refractivity contribution in [2.75, 3.05) is 6.61 Å². The first-order chi connectivity index (χ1) is 14.9. The normalized spacial score (nSPS) is 27.3. The van der Waals surface area contributed by atoms with Gasteiger partial charge in [-0.2, -0.15) is 0 Å². The molecule has 4 rings (SSSR count). The molecule has 1 aromatic carbocycles. The molecule has 0 spiro atoms. The van der Waals surface area contributed by atoms with Gasteiger partial charge >= 0.3 is 0 Å². The molecule has 0 radical (unpaired) electrons. The van der Waals surface area contributed by atoms with Crippen molar-refractivity contribution in [2.45, 2.75) is 82.0 Å². The molecule has 2 heterocycles. The SMILES string of the molecule is C[C@@H]1[C@H](C)CCC[C@H]1NC(=O)[C@H](C)Sc1nc2ccccc2c(=O)n1C[C@@H]1CCCO1. The lowest BCUT2D eigenvalue weighted by atomic mass is 9.78. The Morgan fingerprint density at radius 2 is 2.06 bits per heavy atom. The topological polar surface area (TPSA) is 73.2 Å². The number of rotatable bonds is 6. The summed E-state index contributed by atoms with van der Waals surface area (Å²) >= 11 is 1.37. The number of fused-ring (bicyclic) bond motifs is 1. The van der Waals surface area contributed by atoms with Crippen molar-refractivity contribution >= 4 is 28.6 Å². The van der Waals surface area contributed by atoms with E-state index in [4.69, 9.17) is 9.72 Å². The first kappa shape index (κ1) is 22.3. The molecular formula is C24H33N3O3S. The minimum absolute atomic E-state index is 0.0158. The first-order valence-corrected chi connectivity index (χ1v) is 12.4. The van der Waals surface area contributed by atoms with Crippen LogP contribution in [0.5, 0.6) is 0 Å². The number of thioether (sulfide) groups is 1. The molecule has 1 aromatic heterocycles. The fourth-order valence-electron chi connectivity index (χ4n) is 4.69. The predicted molar refractivity (Wildman–Crippen MR) is 124 cm³/mol. The van der Waals surface area contributed by atoms with E-state index in [1.807, 2.05) is 31.2 Å². The number of nitrogens with zero attached hydrogens (tertiary/aromatic N) is 2. The average molecular weight is 444 g/mol. The van der Waals surface area contributed by atoms with E-state index in [2.05, 4.69) is 19.2 Å². The Kier molecular flexibility index (Phi) is 7.02. The highest BCUT2D eigenvalue weighted by molar-refractivity contribution is 8.00. The van der Waals surface area contributed by atoms with Crippen LogP contribution in [0.2, 0.25) is 0 Å². The Labute approximate surface area is 188 Å². The van der Waals surface area contributed by atoms with Gasteiger partial charge in [0.15, 0.2) is 5.16 Å². The zero-order chi connectivity index (χ0) is 22.0. The second-order valence-corrected chi connectivity index (χ2v) is 10.4. The summed E-state index contributed by atoms with van der Waals surface area (Å²) in [5, 5.41) is 4.12. The van der Waals surface area contributed by atoms with Gasteiger partial charge in [-0.05, 0) is 50.2 Å². The van der Waals surface area contributed by atoms with Crippen LogP contribution in [0.25, 0.3) is 10.9 Å². The third kappa shape index (κ3) is 4.98. The number of carbonyl (C=O) groups excluding carboxylic acids is 1. The van der Waals surface area contributed by atoms with Gasteiger partial charge in [-0.1, -0.05) is 50.6 Å². The number of carbonyl (C=O) groups is 1. The summed E-state index contributed by atoms with van der Waals surface area (Å²) in [7, 11) is 0. The van der Waals surface area contributed by atoms with Crippen molar-refractivity contribution in [1.29, 1.82) is 0 Å². The summed E-state index contributed by atoms with van der Waals surface area (Å²) in [6, 6.07) is 7.63. The van der Waals surface area contributed by atoms with E-state index in [0.29, 0.717) is 34.4 Å². The molecule has 1 N–H and O–H groups in total. The third-order valence-electron chi connectivity index (χ3n) is 6.92. The molecule has 6 nitrogen and oxygen atoms in total. The number of para-hydroxylation sites is 1. The Morgan fingerprint density at radius 1 is 1.26 bits per heavy atom. The van der Waals surface area contributed by atoms with Crippen molar-refractivity contribution in [3.63, 3.8) is 0 Å². The molecule has 1 aliphatic heterocycles. The smallest absolute Gasteiger partial charge is 0.262 e. The second kappa shape index (κ2) is 9.74. The van der Waals surface area contributed by atoms with E-state index in [9.17, 15) is 9.59 Å². The van der Waals surface area contributed by atoms with Gasteiger partial charge in [0.25, 0.3) is 5.56 Å². The van der Waals surface area contributed by atoms with Crippen LogP contribution in [0.15, 0.2) is 34.2 Å². The molecule has 1 saturated carbocycles. The summed E-state index contributed by atoms with van der Waals surface area (Å²) in [5.41, 5.74) is 0.604. The van der Waals surface area contributed by atoms with Gasteiger partial charge in [0.1, 0.15) is 0 Å². The molecule has 1 saturated heterocycles. The monoisotopic (exact) mass is 443 g/mol. The van der Waals surface area contributed by atoms with Gasteiger partial charge in [-0.25, -0.2) is 4.98 Å². The van der Waals surface area contributed by atoms with E-state index in [1.165, 1.54) is 18.2 Å². The Hall–Kier alpha value is -1.86. The second-order valence-electron chi connectivity index (χ2n) is 9.10. The van der Waals surface area contributed by atoms with Crippen molar-refractivity contribution in [2.24, 2.45) is 11.8 Å². The van der Waals surface area contributed by atoms with Crippen LogP contribution in [-0.2, 0) is 16.1 Å². The fourth-order valence-corrected chi connectivity index (χ4v) is 5.62. The summed E-state index contributed by atoms with van der Waals surface area (Å²) in [6.45, 7) is 7.61. The van der Waals surface area contributed by atoms with E-state index in [1.54, 1.807) is 4.57 Å². The molecular weight excluding hydrogens is 410 g/mol. The molecule has 2 aromatic rings. The largest absolute Gasteiger partial charge is 0.376 e. The van der Waals surface area contributed by atoms with E-state index in [0.717, 1.165) is 32.3 Å². The highest BCUT2D eigenvalue weighted by atomic mass is 32.2. The fraction of sp³-hybridized carbons (Fsp3) is 0.625. The minimum atomic E-state index is -0.340. The Balaban J connectivity index is 1.55. The summed E-state index contributed by atoms with van der Waals surface area (Å²) in [4.78, 5) is 31.0. The highest BCUT2D eigenvalue weighted by Crippen LogP contribution is 2.30. The molecule has 7 heteroatoms. The molecule has 0 bridgehead atoms. The molecule has 1 amide bonds. The lowest BCUT2D eigenvalue weighted by Crippen LogP contribution is -2.46. The van der Waals surface area contributed by atoms with Crippen LogP contribution in [0.4, 0.5) is 0 Å². The maximum atomic E-state index is 13.2. The maximum Gasteiger partial charge on any atom is 0.262 e. The van der Waals surface area contributed by atoms with Gasteiger partial charge in [-0.3, -0.25) is 14.2 Å². The van der Waals surface area contributed by atoms with E-state index >= 15 is 0 Å². The lowest BCUT2D eigenvalue weighted by molar-refractivity contribution is -0.121. The number of ether oxygens (including phenoxy) is 1. The maximum absolute atomic E-state index is 13.2. The summed E-state index contributed by atoms with van der Waals surface area (Å²) in [5.74, 6) is 1.12. The number of aromatic nitrogens is 2. The van der Waals surface area contributed by atoms with Crippen LogP contribution in [-0.4, -0.2) is 39.5 Å². The molecule has 5 atom stereocenters. The third-order valence-corrected chi connectivity index (χ3v) is 8.01. The quantitative estimate of drug-likeness (QED) is 0.540. The van der Waals surface area contributed by atoms with E-state index in [-0.39, 0.29) is 28.9 Å². The number of hydrogen-bond donors (Lipinski definition) is 1. The number of amides is 1. The van der Waals surface area contributed by atoms with Crippen molar-refractivity contribution < 1.29 is 9.53 Å². The van der Waals surface area contributed by atoms with Crippen LogP contribution in [0, 0.1) is 11.8 Å². The van der Waals surface area contributed by atoms with Crippen LogP contribution in [0.3, 0.4) is 0 Å². The van der Waals surface area contributed by atoms with Gasteiger partial charge in [0.2, 0.25) is 5.91 Å². The number of hydrogen-bond acceptors (Lipinski definition) is 5. The summed E-state index contributed by atoms with van der Waals surface area (Å²) in [6.07, 6.45) is 5.40. The van der Waals surface area contributed by atoms with Gasteiger partial charge in [-0.15, -0.1) is 0 Å². The van der Waals surface area contributed by atoms with Crippen molar-refractivity contribution in [3.05, 3.63) is 34.6 Å². The standard InChI is InChI=1S/C24H33N3O3S/c1-15-8-6-12-20(16(15)2)25-22(28)17(3)31-24-26-21-11-5-4-10-19(21)23(29)27(24)14-18-9-7-13-30-18/h4-5,10-11,15-18,20H,6-9,12-14H2,1-3H3,(H,25,28)/t15-,16-,17+,18+,20-/m1/s1. The zero-order valence-corrected chi connectivity index (χ0v) is 19.5. The van der Waals surface area contributed by atoms with Crippen LogP contribution in [0.1, 0.15) is 52.9 Å². The lowest BCUT2D eigenvalue weighted by Gasteiger charge is -2.35. The summed E-state index contributed by atoms with van der Waals surface area (Å²) < 4.78 is 7.48. The molecule has 2 aliphatic rings. The zero-order valence-electron chi connectivity index (χ0n) is 18.7. The van der Waals surface area contributed by atoms with Crippen molar-refractivity contribution in [3.8, 4) is 0 Å². The highest BCUT2D eigenvalue weighted by Gasteiger charge is 2.30. The van der Waals surface area contributed by atoms with Gasteiger partial charge < -0.3 is 10.1 Å². The number of benzene rings is 1. The van der Waals surface area contributed by atoms with Gasteiger partial charge in [0.05, 0.1) is 28.8 Å². The van der Waals surface area contributed by atoms with E-state index < -0.39 is 0 Å². The molecule has 0 unspecified atom stereocenters. The Bertz CT molecular complexity index is 986. The van der Waals surface area contributed by atoms with Crippen LogP contribution >= 0.6 is 11.8 Å². The number of nitrogens with one attached hydrogen (secondary N) is 1. The minimum Gasteiger partial charge on any atom is -0.376 e. The Morgan fingerprint density at radius 3 is 2.84 bits per heavy atom. The molecule has 1 aliphatic carbocycles. The first-order valence-electron chi connectivity index (χ1n) is 11.5. The average Bonchev–Trinajstić information content (AvgIpc) is 3.27.